The topological polar surface area (TPSA) is 95.0 Å². The number of carbonyl (C=O) groups excluding carboxylic acids is 3. The SMILES string of the molecule is CCCN1C(=O)CC(=O)N(C(C)C(=O)O)C1=O. The van der Waals surface area contributed by atoms with E-state index in [1.54, 1.807) is 6.92 Å². The van der Waals surface area contributed by atoms with Crippen LogP contribution in [0.4, 0.5) is 4.79 Å². The molecular formula is C10H14N2O5. The van der Waals surface area contributed by atoms with Crippen molar-refractivity contribution in [3.8, 4) is 0 Å². The van der Waals surface area contributed by atoms with Crippen LogP contribution < -0.4 is 0 Å². The van der Waals surface area contributed by atoms with Crippen molar-refractivity contribution in [3.05, 3.63) is 0 Å². The molecule has 17 heavy (non-hydrogen) atoms. The van der Waals surface area contributed by atoms with E-state index in [-0.39, 0.29) is 6.54 Å². The van der Waals surface area contributed by atoms with Gasteiger partial charge in [0, 0.05) is 6.54 Å². The summed E-state index contributed by atoms with van der Waals surface area (Å²) in [4.78, 5) is 47.1. The third-order valence-electron chi connectivity index (χ3n) is 2.50. The average Bonchev–Trinajstić information content (AvgIpc) is 2.23. The van der Waals surface area contributed by atoms with E-state index in [1.165, 1.54) is 6.92 Å². The Labute approximate surface area is 98.0 Å². The highest BCUT2D eigenvalue weighted by atomic mass is 16.4. The second kappa shape index (κ2) is 4.94. The first kappa shape index (κ1) is 13.1. The van der Waals surface area contributed by atoms with Crippen molar-refractivity contribution < 1.29 is 24.3 Å². The van der Waals surface area contributed by atoms with Crippen molar-refractivity contribution >= 4 is 23.8 Å². The number of urea groups is 1. The molecule has 0 aromatic carbocycles. The molecule has 1 rings (SSSR count). The molecule has 1 fully saturated rings. The summed E-state index contributed by atoms with van der Waals surface area (Å²) in [5, 5.41) is 8.80. The molecule has 0 aliphatic carbocycles. The highest BCUT2D eigenvalue weighted by Crippen LogP contribution is 2.15. The number of nitrogens with zero attached hydrogens (tertiary/aromatic N) is 2. The second-order valence-corrected chi connectivity index (χ2v) is 3.78. The summed E-state index contributed by atoms with van der Waals surface area (Å²) in [5.41, 5.74) is 0. The molecular weight excluding hydrogens is 228 g/mol. The molecule has 7 nitrogen and oxygen atoms in total. The molecule has 0 aromatic heterocycles. The van der Waals surface area contributed by atoms with Crippen molar-refractivity contribution in [2.45, 2.75) is 32.7 Å². The minimum atomic E-state index is -1.28. The fourth-order valence-corrected chi connectivity index (χ4v) is 1.59. The first-order chi connectivity index (χ1) is 7.90. The second-order valence-electron chi connectivity index (χ2n) is 3.78. The molecule has 7 heteroatoms. The molecule has 0 bridgehead atoms. The Hall–Kier alpha value is -1.92. The predicted octanol–water partition coefficient (Wildman–Crippen LogP) is 0.0504. The van der Waals surface area contributed by atoms with Gasteiger partial charge in [0.25, 0.3) is 0 Å². The first-order valence-corrected chi connectivity index (χ1v) is 5.29. The van der Waals surface area contributed by atoms with Crippen LogP contribution >= 0.6 is 0 Å². The van der Waals surface area contributed by atoms with E-state index in [1.807, 2.05) is 0 Å². The van der Waals surface area contributed by atoms with E-state index >= 15 is 0 Å². The maximum absolute atomic E-state index is 11.8. The lowest BCUT2D eigenvalue weighted by molar-refractivity contribution is -0.152. The van der Waals surface area contributed by atoms with Gasteiger partial charge in [-0.1, -0.05) is 6.92 Å². The van der Waals surface area contributed by atoms with Crippen LogP contribution in [0.25, 0.3) is 0 Å². The van der Waals surface area contributed by atoms with Crippen LogP contribution in [0.1, 0.15) is 26.7 Å². The normalized spacial score (nSPS) is 18.6. The van der Waals surface area contributed by atoms with E-state index in [9.17, 15) is 19.2 Å². The van der Waals surface area contributed by atoms with Crippen LogP contribution in [0.2, 0.25) is 0 Å². The van der Waals surface area contributed by atoms with Gasteiger partial charge in [-0.3, -0.25) is 14.5 Å². The molecule has 1 atom stereocenters. The fourth-order valence-electron chi connectivity index (χ4n) is 1.59. The van der Waals surface area contributed by atoms with Crippen LogP contribution in [0.3, 0.4) is 0 Å². The lowest BCUT2D eigenvalue weighted by atomic mass is 10.2. The van der Waals surface area contributed by atoms with Gasteiger partial charge >= 0.3 is 12.0 Å². The molecule has 1 unspecified atom stereocenters. The van der Waals surface area contributed by atoms with Gasteiger partial charge in [-0.05, 0) is 13.3 Å². The Morgan fingerprint density at radius 1 is 1.35 bits per heavy atom. The van der Waals surface area contributed by atoms with Crippen molar-refractivity contribution in [2.24, 2.45) is 0 Å². The molecule has 1 N–H and O–H groups in total. The third-order valence-corrected chi connectivity index (χ3v) is 2.50. The van der Waals surface area contributed by atoms with Gasteiger partial charge < -0.3 is 5.11 Å². The molecule has 0 radical (unpaired) electrons. The number of hydrogen-bond acceptors (Lipinski definition) is 4. The van der Waals surface area contributed by atoms with Gasteiger partial charge in [0.1, 0.15) is 12.5 Å². The molecule has 94 valence electrons. The van der Waals surface area contributed by atoms with Gasteiger partial charge in [0.2, 0.25) is 11.8 Å². The smallest absolute Gasteiger partial charge is 0.334 e. The molecule has 0 spiro atoms. The maximum atomic E-state index is 11.8. The fraction of sp³-hybridized carbons (Fsp3) is 0.600. The molecule has 1 heterocycles. The predicted molar refractivity (Wildman–Crippen MR) is 56.0 cm³/mol. The number of hydrogen-bond donors (Lipinski definition) is 1. The zero-order valence-electron chi connectivity index (χ0n) is 9.67. The van der Waals surface area contributed by atoms with E-state index in [4.69, 9.17) is 5.11 Å². The minimum absolute atomic E-state index is 0.188. The number of rotatable bonds is 4. The Bertz CT molecular complexity index is 379. The molecule has 1 aliphatic heterocycles. The average molecular weight is 242 g/mol. The highest BCUT2D eigenvalue weighted by molar-refractivity contribution is 6.15. The van der Waals surface area contributed by atoms with Gasteiger partial charge in [0.05, 0.1) is 0 Å². The third kappa shape index (κ3) is 2.43. The number of imide groups is 2. The monoisotopic (exact) mass is 242 g/mol. The van der Waals surface area contributed by atoms with Gasteiger partial charge in [-0.15, -0.1) is 0 Å². The van der Waals surface area contributed by atoms with Crippen molar-refractivity contribution in [1.82, 2.24) is 9.80 Å². The van der Waals surface area contributed by atoms with E-state index in [0.29, 0.717) is 11.3 Å². The Kier molecular flexibility index (Phi) is 3.82. The van der Waals surface area contributed by atoms with E-state index in [0.717, 1.165) is 4.90 Å². The molecule has 4 amide bonds. The Morgan fingerprint density at radius 3 is 2.41 bits per heavy atom. The van der Waals surface area contributed by atoms with Crippen molar-refractivity contribution in [2.75, 3.05) is 6.54 Å². The van der Waals surface area contributed by atoms with Crippen LogP contribution in [0.15, 0.2) is 0 Å². The summed E-state index contributed by atoms with van der Waals surface area (Å²) in [6.07, 6.45) is 0.102. The van der Waals surface area contributed by atoms with Crippen LogP contribution in [-0.2, 0) is 14.4 Å². The number of carboxylic acids is 1. The van der Waals surface area contributed by atoms with Crippen molar-refractivity contribution in [3.63, 3.8) is 0 Å². The molecule has 1 saturated heterocycles. The number of carboxylic acid groups (broad SMARTS) is 1. The standard InChI is InChI=1S/C10H14N2O5/c1-3-4-11-7(13)5-8(14)12(10(11)17)6(2)9(15)16/h6H,3-5H2,1-2H3,(H,15,16). The van der Waals surface area contributed by atoms with E-state index in [2.05, 4.69) is 0 Å². The lowest BCUT2D eigenvalue weighted by Gasteiger charge is -2.34. The Balaban J connectivity index is 2.97. The Morgan fingerprint density at radius 2 is 1.94 bits per heavy atom. The summed E-state index contributed by atoms with van der Waals surface area (Å²) >= 11 is 0. The lowest BCUT2D eigenvalue weighted by Crippen LogP contribution is -2.59. The zero-order chi connectivity index (χ0) is 13.2. The summed E-state index contributed by atoms with van der Waals surface area (Å²) in [6, 6.07) is -2.11. The molecule has 0 saturated carbocycles. The van der Waals surface area contributed by atoms with Crippen LogP contribution in [0.5, 0.6) is 0 Å². The summed E-state index contributed by atoms with van der Waals surface area (Å²) in [7, 11) is 0. The minimum Gasteiger partial charge on any atom is -0.480 e. The molecule has 1 aliphatic rings. The van der Waals surface area contributed by atoms with Gasteiger partial charge in [-0.25, -0.2) is 14.5 Å². The number of amides is 4. The van der Waals surface area contributed by atoms with Crippen LogP contribution in [0, 0.1) is 0 Å². The maximum Gasteiger partial charge on any atom is 0.334 e. The van der Waals surface area contributed by atoms with Crippen LogP contribution in [-0.4, -0.2) is 51.3 Å². The molecule has 0 aromatic rings. The first-order valence-electron chi connectivity index (χ1n) is 5.29. The zero-order valence-corrected chi connectivity index (χ0v) is 9.67. The number of barbiturate groups is 1. The van der Waals surface area contributed by atoms with E-state index < -0.39 is 36.3 Å². The summed E-state index contributed by atoms with van der Waals surface area (Å²) in [6.45, 7) is 3.20. The van der Waals surface area contributed by atoms with Gasteiger partial charge in [0.15, 0.2) is 0 Å². The summed E-state index contributed by atoms with van der Waals surface area (Å²) < 4.78 is 0. The largest absolute Gasteiger partial charge is 0.480 e. The highest BCUT2D eigenvalue weighted by Gasteiger charge is 2.41. The number of aliphatic carboxylic acids is 1. The summed E-state index contributed by atoms with van der Waals surface area (Å²) in [5.74, 6) is -2.62. The van der Waals surface area contributed by atoms with Crippen molar-refractivity contribution in [1.29, 1.82) is 0 Å². The van der Waals surface area contributed by atoms with Gasteiger partial charge in [-0.2, -0.15) is 0 Å². The quantitative estimate of drug-likeness (QED) is 0.703. The number of carbonyl (C=O) groups is 4.